The maximum Gasteiger partial charge on any atom is 0.165 e. The highest BCUT2D eigenvalue weighted by Crippen LogP contribution is 2.40. The number of rotatable bonds is 2. The van der Waals surface area contributed by atoms with Gasteiger partial charge in [-0.2, -0.15) is 0 Å². The van der Waals surface area contributed by atoms with Gasteiger partial charge in [-0.25, -0.2) is 17.8 Å². The maximum atomic E-state index is 13.2. The molecule has 0 bridgehead atoms. The lowest BCUT2D eigenvalue weighted by Gasteiger charge is -2.36. The molecule has 0 saturated carbocycles. The van der Waals surface area contributed by atoms with Crippen molar-refractivity contribution in [2.24, 2.45) is 10.7 Å². The number of halogens is 1. The van der Waals surface area contributed by atoms with E-state index in [4.69, 9.17) is 5.73 Å². The van der Waals surface area contributed by atoms with Gasteiger partial charge in [0.15, 0.2) is 9.84 Å². The number of fused-ring (bicyclic) bond motifs is 1. The van der Waals surface area contributed by atoms with Crippen molar-refractivity contribution in [3.63, 3.8) is 0 Å². The summed E-state index contributed by atoms with van der Waals surface area (Å²) in [5, 5.41) is 0.612. The van der Waals surface area contributed by atoms with Crippen LogP contribution < -0.4 is 5.73 Å². The number of sulfone groups is 1. The zero-order chi connectivity index (χ0) is 20.3. The lowest BCUT2D eigenvalue weighted by molar-refractivity contribution is 0.500. The molecule has 0 spiro atoms. The van der Waals surface area contributed by atoms with E-state index in [9.17, 15) is 12.8 Å². The molecular weight excluding hydrogens is 397 g/mol. The first-order chi connectivity index (χ1) is 13.0. The van der Waals surface area contributed by atoms with Crippen molar-refractivity contribution < 1.29 is 12.8 Å². The second-order valence-corrected chi connectivity index (χ2v) is 11.3. The van der Waals surface area contributed by atoms with E-state index in [1.54, 1.807) is 32.9 Å². The Hall–Kier alpha value is -2.32. The van der Waals surface area contributed by atoms with E-state index in [1.165, 1.54) is 23.5 Å². The molecule has 0 aliphatic carbocycles. The molecular formula is C20H20FN3O2S2. The Balaban J connectivity index is 1.80. The van der Waals surface area contributed by atoms with Crippen molar-refractivity contribution in [2.75, 3.05) is 5.75 Å². The zero-order valence-electron chi connectivity index (χ0n) is 15.7. The van der Waals surface area contributed by atoms with Crippen LogP contribution in [0.5, 0.6) is 0 Å². The van der Waals surface area contributed by atoms with Crippen molar-refractivity contribution in [3.05, 3.63) is 53.3 Å². The third-order valence-electron chi connectivity index (χ3n) is 5.26. The highest BCUT2D eigenvalue weighted by molar-refractivity contribution is 7.93. The van der Waals surface area contributed by atoms with Gasteiger partial charge in [0.1, 0.15) is 26.9 Å². The first-order valence-electron chi connectivity index (χ1n) is 8.77. The number of nitrogens with two attached hydrogens (primary N) is 1. The van der Waals surface area contributed by atoms with Gasteiger partial charge < -0.3 is 5.73 Å². The SMILES string of the molecule is CC1(C)C(N)=N[C@](C)(c2nc3ccc(-c4ccc(F)cc4)cc3s2)CS1(=O)=O. The van der Waals surface area contributed by atoms with E-state index in [0.717, 1.165) is 21.3 Å². The van der Waals surface area contributed by atoms with Crippen LogP contribution in [0.1, 0.15) is 25.8 Å². The molecule has 146 valence electrons. The fraction of sp³-hybridized carbons (Fsp3) is 0.300. The van der Waals surface area contributed by atoms with E-state index in [0.29, 0.717) is 5.01 Å². The Morgan fingerprint density at radius 2 is 1.71 bits per heavy atom. The zero-order valence-corrected chi connectivity index (χ0v) is 17.4. The molecule has 8 heteroatoms. The van der Waals surface area contributed by atoms with Gasteiger partial charge in [0, 0.05) is 0 Å². The van der Waals surface area contributed by atoms with Crippen LogP contribution in [0.25, 0.3) is 21.3 Å². The Labute approximate surface area is 167 Å². The van der Waals surface area contributed by atoms with Crippen molar-refractivity contribution in [1.29, 1.82) is 0 Å². The standard InChI is InChI=1S/C20H20FN3O2S2/c1-19(2)17(22)24-20(3,11-28(19,25)26)18-23-15-9-6-13(10-16(15)27-18)12-4-7-14(21)8-5-12/h4-10H,11H2,1-3H3,(H2,22,24)/t20-/m0/s1. The molecule has 2 N–H and O–H groups in total. The van der Waals surface area contributed by atoms with Crippen LogP contribution in [-0.2, 0) is 15.4 Å². The van der Waals surface area contributed by atoms with Gasteiger partial charge in [-0.15, -0.1) is 11.3 Å². The fourth-order valence-corrected chi connectivity index (χ4v) is 6.08. The van der Waals surface area contributed by atoms with Crippen molar-refractivity contribution in [1.82, 2.24) is 4.98 Å². The van der Waals surface area contributed by atoms with Crippen LogP contribution in [-0.4, -0.2) is 29.7 Å². The number of aliphatic imine (C=N–C) groups is 1. The lowest BCUT2D eigenvalue weighted by atomic mass is 10.0. The van der Waals surface area contributed by atoms with E-state index < -0.39 is 20.1 Å². The quantitative estimate of drug-likeness (QED) is 0.686. The highest BCUT2D eigenvalue weighted by atomic mass is 32.2. The van der Waals surface area contributed by atoms with Gasteiger partial charge in [0.25, 0.3) is 0 Å². The van der Waals surface area contributed by atoms with E-state index in [1.807, 2.05) is 18.2 Å². The molecule has 3 aromatic rings. The smallest absolute Gasteiger partial charge is 0.165 e. The molecule has 1 aliphatic heterocycles. The van der Waals surface area contributed by atoms with Crippen molar-refractivity contribution in [3.8, 4) is 11.1 Å². The molecule has 28 heavy (non-hydrogen) atoms. The molecule has 1 aliphatic rings. The third kappa shape index (κ3) is 2.91. The summed E-state index contributed by atoms with van der Waals surface area (Å²) in [6.07, 6.45) is 0. The van der Waals surface area contributed by atoms with Crippen LogP contribution in [0.4, 0.5) is 4.39 Å². The van der Waals surface area contributed by atoms with E-state index >= 15 is 0 Å². The summed E-state index contributed by atoms with van der Waals surface area (Å²) in [4.78, 5) is 9.18. The Morgan fingerprint density at radius 3 is 2.36 bits per heavy atom. The Kier molecular flexibility index (Phi) is 4.13. The summed E-state index contributed by atoms with van der Waals surface area (Å²) in [6.45, 7) is 4.91. The summed E-state index contributed by atoms with van der Waals surface area (Å²) in [5.41, 5.74) is 7.61. The van der Waals surface area contributed by atoms with Crippen molar-refractivity contribution in [2.45, 2.75) is 31.1 Å². The van der Waals surface area contributed by atoms with Crippen LogP contribution in [0.2, 0.25) is 0 Å². The second-order valence-electron chi connectivity index (χ2n) is 7.75. The average Bonchev–Trinajstić information content (AvgIpc) is 3.04. The molecule has 5 nitrogen and oxygen atoms in total. The monoisotopic (exact) mass is 417 g/mol. The molecule has 0 fully saturated rings. The second kappa shape index (κ2) is 6.09. The number of thiazole rings is 1. The topological polar surface area (TPSA) is 85.4 Å². The summed E-state index contributed by atoms with van der Waals surface area (Å²) >= 11 is 1.41. The molecule has 0 amide bonds. The molecule has 0 saturated heterocycles. The number of hydrogen-bond acceptors (Lipinski definition) is 6. The van der Waals surface area contributed by atoms with Crippen LogP contribution >= 0.6 is 11.3 Å². The summed E-state index contributed by atoms with van der Waals surface area (Å²) < 4.78 is 38.4. The summed E-state index contributed by atoms with van der Waals surface area (Å²) in [5.74, 6) is -0.319. The first kappa shape index (κ1) is 19.0. The average molecular weight is 418 g/mol. The number of benzene rings is 2. The van der Waals surface area contributed by atoms with Crippen LogP contribution in [0.15, 0.2) is 47.5 Å². The van der Waals surface area contributed by atoms with Gasteiger partial charge in [0.05, 0.1) is 16.0 Å². The van der Waals surface area contributed by atoms with E-state index in [-0.39, 0.29) is 17.4 Å². The highest BCUT2D eigenvalue weighted by Gasteiger charge is 2.49. The molecule has 2 heterocycles. The third-order valence-corrected chi connectivity index (χ3v) is 9.24. The largest absolute Gasteiger partial charge is 0.386 e. The van der Waals surface area contributed by atoms with Crippen molar-refractivity contribution >= 4 is 37.2 Å². The Morgan fingerprint density at radius 1 is 1.07 bits per heavy atom. The predicted molar refractivity (Wildman–Crippen MR) is 112 cm³/mol. The summed E-state index contributed by atoms with van der Waals surface area (Å²) in [6, 6.07) is 12.1. The summed E-state index contributed by atoms with van der Waals surface area (Å²) in [7, 11) is -3.48. The van der Waals surface area contributed by atoms with Gasteiger partial charge in [0.2, 0.25) is 0 Å². The number of amidine groups is 1. The predicted octanol–water partition coefficient (Wildman–Crippen LogP) is 3.88. The Bertz CT molecular complexity index is 1210. The molecule has 0 radical (unpaired) electrons. The number of aromatic nitrogens is 1. The van der Waals surface area contributed by atoms with Gasteiger partial charge in [-0.3, -0.25) is 4.99 Å². The first-order valence-corrected chi connectivity index (χ1v) is 11.2. The van der Waals surface area contributed by atoms with Gasteiger partial charge >= 0.3 is 0 Å². The molecule has 0 unspecified atom stereocenters. The van der Waals surface area contributed by atoms with Gasteiger partial charge in [-0.1, -0.05) is 18.2 Å². The number of nitrogens with zero attached hydrogens (tertiary/aromatic N) is 2. The molecule has 2 aromatic carbocycles. The molecule has 1 aromatic heterocycles. The van der Waals surface area contributed by atoms with Crippen LogP contribution in [0, 0.1) is 5.82 Å². The van der Waals surface area contributed by atoms with Crippen LogP contribution in [0.3, 0.4) is 0 Å². The molecule has 4 rings (SSSR count). The minimum atomic E-state index is -3.48. The minimum absolute atomic E-state index is 0.104. The lowest BCUT2D eigenvalue weighted by Crippen LogP contribution is -2.54. The maximum absolute atomic E-state index is 13.2. The molecule has 1 atom stereocenters. The normalized spacial score (nSPS) is 23.5. The van der Waals surface area contributed by atoms with Gasteiger partial charge in [-0.05, 0) is 56.2 Å². The fourth-order valence-electron chi connectivity index (χ4n) is 3.23. The minimum Gasteiger partial charge on any atom is -0.386 e. The number of hydrogen-bond donors (Lipinski definition) is 1. The van der Waals surface area contributed by atoms with E-state index in [2.05, 4.69) is 9.98 Å².